The smallest absolute Gasteiger partial charge is 0.381 e. The molecule has 0 aromatic heterocycles. The number of alkyl halides is 3. The summed E-state index contributed by atoms with van der Waals surface area (Å²) in [6, 6.07) is -0.155. The van der Waals surface area contributed by atoms with Gasteiger partial charge in [-0.05, 0) is 49.8 Å². The standard InChI is InChI=1S/C26H32F4N4O5/c1-15(2)20(31-21(35)18-14-16(26(28,29)30)4-5-19(18)27)22(36)33-10-8-25(9-11-33)23(37)32(3)24(38)34(25)17-6-12-39-13-7-17/h4-5,14-15,17,20H,6-13H2,1-3H3,(H,31,35)/t20-/m1/s1. The van der Waals surface area contributed by atoms with Crippen molar-refractivity contribution < 1.29 is 41.5 Å². The summed E-state index contributed by atoms with van der Waals surface area (Å²) in [5.74, 6) is -3.56. The normalized spacial score (nSPS) is 21.2. The number of nitrogens with zero attached hydrogens (tertiary/aromatic N) is 3. The lowest BCUT2D eigenvalue weighted by atomic mass is 9.83. The van der Waals surface area contributed by atoms with Crippen LogP contribution in [0.2, 0.25) is 0 Å². The van der Waals surface area contributed by atoms with Crippen LogP contribution in [0.25, 0.3) is 0 Å². The van der Waals surface area contributed by atoms with Crippen LogP contribution in [0.5, 0.6) is 0 Å². The van der Waals surface area contributed by atoms with Crippen molar-refractivity contribution >= 4 is 23.8 Å². The predicted octanol–water partition coefficient (Wildman–Crippen LogP) is 3.03. The average Bonchev–Trinajstić information content (AvgIpc) is 3.07. The third kappa shape index (κ3) is 5.32. The maximum atomic E-state index is 14.3. The van der Waals surface area contributed by atoms with Crippen molar-refractivity contribution in [2.45, 2.75) is 63.3 Å². The first-order valence-electron chi connectivity index (χ1n) is 12.9. The van der Waals surface area contributed by atoms with Crippen molar-refractivity contribution in [3.05, 3.63) is 35.1 Å². The molecular weight excluding hydrogens is 524 g/mol. The van der Waals surface area contributed by atoms with Gasteiger partial charge in [0.1, 0.15) is 17.4 Å². The largest absolute Gasteiger partial charge is 0.416 e. The van der Waals surface area contributed by atoms with E-state index in [0.717, 1.165) is 4.90 Å². The summed E-state index contributed by atoms with van der Waals surface area (Å²) in [6.07, 6.45) is -3.17. The van der Waals surface area contributed by atoms with Gasteiger partial charge < -0.3 is 19.9 Å². The van der Waals surface area contributed by atoms with Crippen molar-refractivity contribution in [1.82, 2.24) is 20.0 Å². The van der Waals surface area contributed by atoms with E-state index in [2.05, 4.69) is 5.32 Å². The fraction of sp³-hybridized carbons (Fsp3) is 0.615. The second kappa shape index (κ2) is 10.7. The second-order valence-electron chi connectivity index (χ2n) is 10.6. The van der Waals surface area contributed by atoms with Gasteiger partial charge in [0.05, 0.1) is 11.1 Å². The molecule has 0 radical (unpaired) electrons. The highest BCUT2D eigenvalue weighted by Gasteiger charge is 2.59. The molecule has 13 heteroatoms. The molecule has 214 valence electrons. The van der Waals surface area contributed by atoms with Crippen molar-refractivity contribution in [2.24, 2.45) is 5.92 Å². The van der Waals surface area contributed by atoms with Gasteiger partial charge in [0.25, 0.3) is 11.8 Å². The molecule has 0 saturated carbocycles. The van der Waals surface area contributed by atoms with Crippen LogP contribution in [0.3, 0.4) is 0 Å². The Balaban J connectivity index is 1.49. The fourth-order valence-corrected chi connectivity index (χ4v) is 5.65. The highest BCUT2D eigenvalue weighted by Crippen LogP contribution is 2.40. The Kier molecular flexibility index (Phi) is 7.93. The van der Waals surface area contributed by atoms with Crippen LogP contribution in [0.1, 0.15) is 55.5 Å². The third-order valence-electron chi connectivity index (χ3n) is 7.87. The van der Waals surface area contributed by atoms with Gasteiger partial charge in [-0.2, -0.15) is 13.2 Å². The number of benzene rings is 1. The number of piperidine rings is 1. The van der Waals surface area contributed by atoms with E-state index in [-0.39, 0.29) is 43.9 Å². The Hall–Kier alpha value is -3.22. The number of halogens is 4. The first kappa shape index (κ1) is 28.8. The number of amides is 5. The van der Waals surface area contributed by atoms with Gasteiger partial charge in [-0.3, -0.25) is 19.3 Å². The maximum absolute atomic E-state index is 14.3. The number of likely N-dealkylation sites (N-methyl/N-ethyl adjacent to an activating group) is 1. The highest BCUT2D eigenvalue weighted by molar-refractivity contribution is 6.07. The number of hydrogen-bond acceptors (Lipinski definition) is 5. The summed E-state index contributed by atoms with van der Waals surface area (Å²) in [5.41, 5.74) is -3.08. The summed E-state index contributed by atoms with van der Waals surface area (Å²) in [7, 11) is 1.44. The Bertz CT molecular complexity index is 1140. The molecule has 1 atom stereocenters. The molecule has 4 rings (SSSR count). The van der Waals surface area contributed by atoms with Crippen LogP contribution in [0, 0.1) is 11.7 Å². The van der Waals surface area contributed by atoms with E-state index in [9.17, 15) is 36.7 Å². The van der Waals surface area contributed by atoms with Gasteiger partial charge in [0.15, 0.2) is 0 Å². The molecule has 3 saturated heterocycles. The van der Waals surface area contributed by atoms with Crippen molar-refractivity contribution in [3.8, 4) is 0 Å². The Labute approximate surface area is 223 Å². The average molecular weight is 557 g/mol. The van der Waals surface area contributed by atoms with Crippen LogP contribution in [-0.4, -0.2) is 89.4 Å². The van der Waals surface area contributed by atoms with Gasteiger partial charge in [0.2, 0.25) is 5.91 Å². The summed E-state index contributed by atoms with van der Waals surface area (Å²) in [4.78, 5) is 56.8. The predicted molar refractivity (Wildman–Crippen MR) is 130 cm³/mol. The molecule has 1 aromatic carbocycles. The minimum atomic E-state index is -4.77. The summed E-state index contributed by atoms with van der Waals surface area (Å²) >= 11 is 0. The van der Waals surface area contributed by atoms with Crippen molar-refractivity contribution in [3.63, 3.8) is 0 Å². The summed E-state index contributed by atoms with van der Waals surface area (Å²) in [5, 5.41) is 2.40. The number of imide groups is 1. The zero-order valence-corrected chi connectivity index (χ0v) is 22.0. The fourth-order valence-electron chi connectivity index (χ4n) is 5.65. The van der Waals surface area contributed by atoms with Crippen LogP contribution in [-0.2, 0) is 20.5 Å². The van der Waals surface area contributed by atoms with E-state index in [1.165, 1.54) is 11.9 Å². The minimum Gasteiger partial charge on any atom is -0.381 e. The zero-order valence-electron chi connectivity index (χ0n) is 22.0. The lowest BCUT2D eigenvalue weighted by molar-refractivity contribution is -0.143. The van der Waals surface area contributed by atoms with Gasteiger partial charge in [-0.25, -0.2) is 9.18 Å². The molecule has 3 fully saturated rings. The molecule has 0 unspecified atom stereocenters. The van der Waals surface area contributed by atoms with Gasteiger partial charge >= 0.3 is 12.2 Å². The monoisotopic (exact) mass is 556 g/mol. The lowest BCUT2D eigenvalue weighted by Crippen LogP contribution is -2.62. The Morgan fingerprint density at radius 3 is 2.28 bits per heavy atom. The molecule has 1 spiro atoms. The van der Waals surface area contributed by atoms with Crippen LogP contribution in [0.15, 0.2) is 18.2 Å². The highest BCUT2D eigenvalue weighted by atomic mass is 19.4. The van der Waals surface area contributed by atoms with E-state index < -0.39 is 52.4 Å². The number of urea groups is 1. The number of likely N-dealkylation sites (tertiary alicyclic amines) is 1. The Morgan fingerprint density at radius 1 is 1.10 bits per heavy atom. The molecule has 3 aliphatic heterocycles. The van der Waals surface area contributed by atoms with Crippen molar-refractivity contribution in [2.75, 3.05) is 33.4 Å². The van der Waals surface area contributed by atoms with Crippen LogP contribution < -0.4 is 5.32 Å². The van der Waals surface area contributed by atoms with Gasteiger partial charge in [-0.15, -0.1) is 0 Å². The van der Waals surface area contributed by atoms with E-state index in [1.807, 2.05) is 0 Å². The zero-order chi connectivity index (χ0) is 28.7. The topological polar surface area (TPSA) is 99.3 Å². The molecule has 39 heavy (non-hydrogen) atoms. The number of nitrogens with one attached hydrogen (secondary N) is 1. The first-order valence-corrected chi connectivity index (χ1v) is 12.9. The van der Waals surface area contributed by atoms with Crippen LogP contribution >= 0.6 is 0 Å². The van der Waals surface area contributed by atoms with Crippen molar-refractivity contribution in [1.29, 1.82) is 0 Å². The summed E-state index contributed by atoms with van der Waals surface area (Å²) in [6.45, 7) is 4.52. The molecule has 1 N–H and O–H groups in total. The molecule has 5 amide bonds. The first-order chi connectivity index (χ1) is 18.3. The van der Waals surface area contributed by atoms with Crippen LogP contribution in [0.4, 0.5) is 22.4 Å². The van der Waals surface area contributed by atoms with E-state index >= 15 is 0 Å². The lowest BCUT2D eigenvalue weighted by Gasteiger charge is -2.46. The SMILES string of the molecule is CC(C)[C@@H](NC(=O)c1cc(C(F)(F)F)ccc1F)C(=O)N1CCC2(CC1)C(=O)N(C)C(=O)N2C1CCOCC1. The molecule has 3 heterocycles. The molecular formula is C26H32F4N4O5. The molecule has 3 aliphatic rings. The second-order valence-corrected chi connectivity index (χ2v) is 10.6. The third-order valence-corrected chi connectivity index (χ3v) is 7.87. The quantitative estimate of drug-likeness (QED) is 0.444. The van der Waals surface area contributed by atoms with Gasteiger partial charge in [-0.1, -0.05) is 13.8 Å². The van der Waals surface area contributed by atoms with E-state index in [0.29, 0.717) is 44.3 Å². The number of rotatable bonds is 5. The van der Waals surface area contributed by atoms with Gasteiger partial charge in [0, 0.05) is 39.4 Å². The van der Waals surface area contributed by atoms with E-state index in [4.69, 9.17) is 4.74 Å². The Morgan fingerprint density at radius 2 is 1.72 bits per heavy atom. The molecule has 1 aromatic rings. The number of carbonyl (C=O) groups is 4. The maximum Gasteiger partial charge on any atom is 0.416 e. The number of hydrogen-bond donors (Lipinski definition) is 1. The molecule has 9 nitrogen and oxygen atoms in total. The number of carbonyl (C=O) groups excluding carboxylic acids is 4. The van der Waals surface area contributed by atoms with E-state index in [1.54, 1.807) is 18.7 Å². The summed E-state index contributed by atoms with van der Waals surface area (Å²) < 4.78 is 59.0. The molecule has 0 bridgehead atoms. The minimum absolute atomic E-state index is 0.127. The number of ether oxygens (including phenoxy) is 1. The molecule has 0 aliphatic carbocycles.